The predicted octanol–water partition coefficient (Wildman–Crippen LogP) is 13.2. The minimum atomic E-state index is 0.313. The number of benzene rings is 4. The van der Waals surface area contributed by atoms with Crippen LogP contribution in [0.5, 0.6) is 11.5 Å². The Bertz CT molecular complexity index is 2390. The number of hydrogen-bond donors (Lipinski definition) is 0. The van der Waals surface area contributed by atoms with Gasteiger partial charge in [0.2, 0.25) is 0 Å². The van der Waals surface area contributed by atoms with E-state index in [0.29, 0.717) is 17.8 Å². The second kappa shape index (κ2) is 15.1. The standard InChI is InChI=1S/C48H54N4O/c1-10-35-15-14-16-36(11-2)48(35)47-33(8)50-52(34(47)9)39-25-38(31(5)6)26-41(28-39)53-40-21-22-43-42-17-12-13-18-44(42)51(45(43)29-40)46-27-37(23-24-49-46)32(7)20-19-30(3)4/h12-18,21-32H,10-11,19-20H2,1-9H3. The fourth-order valence-electron chi connectivity index (χ4n) is 7.95. The van der Waals surface area contributed by atoms with Crippen LogP contribution in [-0.2, 0) is 12.8 Å². The fraction of sp³-hybridized carbons (Fsp3) is 0.333. The first kappa shape index (κ1) is 36.2. The molecule has 5 nitrogen and oxygen atoms in total. The molecule has 53 heavy (non-hydrogen) atoms. The van der Waals surface area contributed by atoms with Gasteiger partial charge in [0.25, 0.3) is 0 Å². The van der Waals surface area contributed by atoms with Gasteiger partial charge in [0.05, 0.1) is 22.4 Å². The van der Waals surface area contributed by atoms with Crippen molar-refractivity contribution in [3.63, 3.8) is 0 Å². The maximum Gasteiger partial charge on any atom is 0.137 e. The molecule has 0 aliphatic rings. The van der Waals surface area contributed by atoms with Crippen LogP contribution in [0.25, 0.3) is 44.4 Å². The number of pyridine rings is 1. The third-order valence-electron chi connectivity index (χ3n) is 11.0. The molecule has 0 saturated heterocycles. The van der Waals surface area contributed by atoms with E-state index in [-0.39, 0.29) is 0 Å². The smallest absolute Gasteiger partial charge is 0.137 e. The Labute approximate surface area is 315 Å². The molecule has 0 aliphatic heterocycles. The van der Waals surface area contributed by atoms with E-state index in [1.807, 2.05) is 6.20 Å². The highest BCUT2D eigenvalue weighted by molar-refractivity contribution is 6.09. The van der Waals surface area contributed by atoms with Gasteiger partial charge in [-0.15, -0.1) is 0 Å². The van der Waals surface area contributed by atoms with Crippen molar-refractivity contribution < 1.29 is 4.74 Å². The third kappa shape index (κ3) is 7.02. The van der Waals surface area contributed by atoms with Crippen molar-refractivity contribution in [2.24, 2.45) is 5.92 Å². The van der Waals surface area contributed by atoms with E-state index in [0.717, 1.165) is 64.7 Å². The molecule has 0 fully saturated rings. The average molecular weight is 703 g/mol. The van der Waals surface area contributed by atoms with E-state index in [1.54, 1.807) is 0 Å². The largest absolute Gasteiger partial charge is 0.457 e. The molecule has 7 aromatic rings. The molecule has 0 bridgehead atoms. The number of ether oxygens (including phenoxy) is 1. The first-order chi connectivity index (χ1) is 25.6. The average Bonchev–Trinajstić information content (AvgIpc) is 3.65. The molecule has 4 aromatic carbocycles. The van der Waals surface area contributed by atoms with Gasteiger partial charge in [-0.1, -0.05) is 91.3 Å². The number of para-hydroxylation sites is 1. The summed E-state index contributed by atoms with van der Waals surface area (Å²) in [6, 6.07) is 32.8. The van der Waals surface area contributed by atoms with E-state index in [4.69, 9.17) is 14.8 Å². The van der Waals surface area contributed by atoms with E-state index in [9.17, 15) is 0 Å². The topological polar surface area (TPSA) is 44.9 Å². The lowest BCUT2D eigenvalue weighted by Gasteiger charge is -2.16. The van der Waals surface area contributed by atoms with Crippen LogP contribution >= 0.6 is 0 Å². The van der Waals surface area contributed by atoms with Crippen molar-refractivity contribution in [3.8, 4) is 34.1 Å². The van der Waals surface area contributed by atoms with Crippen LogP contribution in [-0.4, -0.2) is 19.3 Å². The Kier molecular flexibility index (Phi) is 10.3. The summed E-state index contributed by atoms with van der Waals surface area (Å²) in [5.74, 6) is 3.98. The molecule has 0 aliphatic carbocycles. The molecule has 3 aromatic heterocycles. The Morgan fingerprint density at radius 3 is 2.11 bits per heavy atom. The van der Waals surface area contributed by atoms with Crippen LogP contribution in [0.2, 0.25) is 0 Å². The van der Waals surface area contributed by atoms with Crippen LogP contribution in [0, 0.1) is 19.8 Å². The number of hydrogen-bond acceptors (Lipinski definition) is 3. The first-order valence-electron chi connectivity index (χ1n) is 19.6. The second-order valence-corrected chi connectivity index (χ2v) is 15.5. The molecule has 7 rings (SSSR count). The molecule has 0 radical (unpaired) electrons. The van der Waals surface area contributed by atoms with Gasteiger partial charge in [-0.3, -0.25) is 4.57 Å². The molecule has 1 atom stereocenters. The van der Waals surface area contributed by atoms with Crippen molar-refractivity contribution >= 4 is 21.8 Å². The molecule has 3 heterocycles. The van der Waals surface area contributed by atoms with E-state index in [2.05, 4.69) is 163 Å². The normalized spacial score (nSPS) is 12.4. The van der Waals surface area contributed by atoms with Gasteiger partial charge in [0, 0.05) is 40.4 Å². The van der Waals surface area contributed by atoms with Gasteiger partial charge in [-0.2, -0.15) is 5.10 Å². The highest BCUT2D eigenvalue weighted by Crippen LogP contribution is 2.39. The Morgan fingerprint density at radius 2 is 1.40 bits per heavy atom. The Balaban J connectivity index is 1.31. The van der Waals surface area contributed by atoms with E-state index in [1.165, 1.54) is 50.6 Å². The van der Waals surface area contributed by atoms with Crippen LogP contribution in [0.15, 0.2) is 97.2 Å². The third-order valence-corrected chi connectivity index (χ3v) is 11.0. The summed E-state index contributed by atoms with van der Waals surface area (Å²) in [4.78, 5) is 4.92. The van der Waals surface area contributed by atoms with Crippen molar-refractivity contribution in [1.82, 2.24) is 19.3 Å². The maximum absolute atomic E-state index is 6.80. The molecular formula is C48H54N4O. The van der Waals surface area contributed by atoms with Crippen LogP contribution < -0.4 is 4.74 Å². The summed E-state index contributed by atoms with van der Waals surface area (Å²) in [6.45, 7) is 20.2. The second-order valence-electron chi connectivity index (χ2n) is 15.5. The number of aryl methyl sites for hydroxylation is 3. The predicted molar refractivity (Wildman–Crippen MR) is 222 cm³/mol. The van der Waals surface area contributed by atoms with Crippen molar-refractivity contribution in [1.29, 1.82) is 0 Å². The molecule has 0 saturated carbocycles. The highest BCUT2D eigenvalue weighted by Gasteiger charge is 2.21. The molecule has 1 unspecified atom stereocenters. The van der Waals surface area contributed by atoms with Gasteiger partial charge in [0.1, 0.15) is 17.3 Å². The lowest BCUT2D eigenvalue weighted by atomic mass is 9.91. The van der Waals surface area contributed by atoms with Crippen LogP contribution in [0.1, 0.15) is 107 Å². The molecule has 0 N–H and O–H groups in total. The minimum Gasteiger partial charge on any atom is -0.457 e. The van der Waals surface area contributed by atoms with Gasteiger partial charge in [-0.25, -0.2) is 9.67 Å². The first-order valence-corrected chi connectivity index (χ1v) is 19.6. The minimum absolute atomic E-state index is 0.313. The number of rotatable bonds is 12. The SMILES string of the molecule is CCc1cccc(CC)c1-c1c(C)nn(-c2cc(Oc3ccc4c5ccccc5n(-c5cc(C(C)CCC(C)C)ccn5)c4c3)cc(C(C)C)c2)c1C. The Hall–Kier alpha value is -5.16. The van der Waals surface area contributed by atoms with Crippen molar-refractivity contribution in [2.75, 3.05) is 0 Å². The number of aromatic nitrogens is 4. The van der Waals surface area contributed by atoms with Crippen molar-refractivity contribution in [2.45, 2.75) is 99.8 Å². The lowest BCUT2D eigenvalue weighted by molar-refractivity contribution is 0.481. The Morgan fingerprint density at radius 1 is 0.660 bits per heavy atom. The van der Waals surface area contributed by atoms with Gasteiger partial charge >= 0.3 is 0 Å². The van der Waals surface area contributed by atoms with Gasteiger partial charge in [-0.05, 0) is 121 Å². The summed E-state index contributed by atoms with van der Waals surface area (Å²) in [5, 5.41) is 7.54. The summed E-state index contributed by atoms with van der Waals surface area (Å²) in [7, 11) is 0. The molecular weight excluding hydrogens is 649 g/mol. The van der Waals surface area contributed by atoms with E-state index < -0.39 is 0 Å². The highest BCUT2D eigenvalue weighted by atomic mass is 16.5. The lowest BCUT2D eigenvalue weighted by Crippen LogP contribution is -2.03. The zero-order chi connectivity index (χ0) is 37.4. The molecule has 272 valence electrons. The monoisotopic (exact) mass is 702 g/mol. The zero-order valence-electron chi connectivity index (χ0n) is 33.0. The van der Waals surface area contributed by atoms with Crippen LogP contribution in [0.3, 0.4) is 0 Å². The fourth-order valence-corrected chi connectivity index (χ4v) is 7.95. The zero-order valence-corrected chi connectivity index (χ0v) is 33.0. The van der Waals surface area contributed by atoms with Crippen molar-refractivity contribution in [3.05, 3.63) is 131 Å². The molecule has 0 amide bonds. The quantitative estimate of drug-likeness (QED) is 0.127. The summed E-state index contributed by atoms with van der Waals surface area (Å²) < 4.78 is 11.2. The summed E-state index contributed by atoms with van der Waals surface area (Å²) in [5.41, 5.74) is 13.2. The van der Waals surface area contributed by atoms with Crippen LogP contribution in [0.4, 0.5) is 0 Å². The molecule has 5 heteroatoms. The van der Waals surface area contributed by atoms with Gasteiger partial charge in [0.15, 0.2) is 0 Å². The number of fused-ring (bicyclic) bond motifs is 3. The van der Waals surface area contributed by atoms with Gasteiger partial charge < -0.3 is 4.74 Å². The molecule has 0 spiro atoms. The summed E-state index contributed by atoms with van der Waals surface area (Å²) >= 11 is 0. The number of nitrogens with zero attached hydrogens (tertiary/aromatic N) is 4. The maximum atomic E-state index is 6.80. The van der Waals surface area contributed by atoms with E-state index >= 15 is 0 Å². The summed E-state index contributed by atoms with van der Waals surface area (Å²) in [6.07, 6.45) is 6.30.